The summed E-state index contributed by atoms with van der Waals surface area (Å²) in [6.45, 7) is 4.98. The number of nitro groups is 1. The molecule has 1 N–H and O–H groups in total. The van der Waals surface area contributed by atoms with Crippen LogP contribution in [0.1, 0.15) is 25.3 Å². The molecule has 2 aromatic carbocycles. The van der Waals surface area contributed by atoms with Crippen LogP contribution in [0.25, 0.3) is 0 Å². The number of allylic oxidation sites excluding steroid dienone is 2. The fourth-order valence-corrected chi connectivity index (χ4v) is 6.70. The van der Waals surface area contributed by atoms with Crippen molar-refractivity contribution in [3.8, 4) is 0 Å². The van der Waals surface area contributed by atoms with Crippen molar-refractivity contribution in [3.05, 3.63) is 91.8 Å². The molecule has 2 aliphatic heterocycles. The Morgan fingerprint density at radius 2 is 1.60 bits per heavy atom. The Morgan fingerprint density at radius 3 is 2.19 bits per heavy atom. The SMILES string of the molecule is COC(=O)C1=C(C)NC(C)=C(C(=O)OCCN2CCN(S(=O)(=O)c3ccc(Cl)cc3)CC2)C1c1ccccc1[N+](=O)[O-]. The fraction of sp³-hybridized carbons (Fsp3) is 0.357. The minimum atomic E-state index is -3.66. The highest BCUT2D eigenvalue weighted by Crippen LogP contribution is 2.42. The van der Waals surface area contributed by atoms with E-state index in [9.17, 15) is 28.1 Å². The molecule has 1 fully saturated rings. The van der Waals surface area contributed by atoms with Crippen molar-refractivity contribution in [1.82, 2.24) is 14.5 Å². The first kappa shape index (κ1) is 31.2. The normalized spacial score (nSPS) is 18.4. The number of nitrogens with zero attached hydrogens (tertiary/aromatic N) is 3. The number of nitro benzene ring substituents is 1. The molecule has 1 unspecified atom stereocenters. The number of hydrogen-bond donors (Lipinski definition) is 1. The maximum atomic E-state index is 13.5. The number of carbonyl (C=O) groups excluding carboxylic acids is 2. The van der Waals surface area contributed by atoms with Gasteiger partial charge < -0.3 is 14.8 Å². The average molecular weight is 619 g/mol. The van der Waals surface area contributed by atoms with E-state index in [4.69, 9.17) is 21.1 Å². The van der Waals surface area contributed by atoms with Gasteiger partial charge in [0.2, 0.25) is 10.0 Å². The van der Waals surface area contributed by atoms with Crippen LogP contribution in [-0.4, -0.2) is 80.9 Å². The lowest BCUT2D eigenvalue weighted by atomic mass is 9.79. The quantitative estimate of drug-likeness (QED) is 0.252. The molecule has 14 heteroatoms. The minimum Gasteiger partial charge on any atom is -0.466 e. The third kappa shape index (κ3) is 6.49. The van der Waals surface area contributed by atoms with Gasteiger partial charge in [0.05, 0.1) is 34.0 Å². The number of hydrogen-bond acceptors (Lipinski definition) is 10. The molecule has 2 aromatic rings. The molecular formula is C28H31ClN4O8S. The second-order valence-corrected chi connectivity index (χ2v) is 12.2. The first-order chi connectivity index (χ1) is 19.9. The first-order valence-corrected chi connectivity index (χ1v) is 14.9. The van der Waals surface area contributed by atoms with Gasteiger partial charge in [0, 0.05) is 60.8 Å². The van der Waals surface area contributed by atoms with Crippen LogP contribution in [0.2, 0.25) is 5.02 Å². The van der Waals surface area contributed by atoms with Crippen LogP contribution in [0, 0.1) is 10.1 Å². The van der Waals surface area contributed by atoms with E-state index in [0.717, 1.165) is 0 Å². The van der Waals surface area contributed by atoms with Gasteiger partial charge in [-0.3, -0.25) is 15.0 Å². The van der Waals surface area contributed by atoms with Crippen molar-refractivity contribution in [3.63, 3.8) is 0 Å². The van der Waals surface area contributed by atoms with E-state index in [-0.39, 0.29) is 47.0 Å². The van der Waals surface area contributed by atoms with Gasteiger partial charge in [0.1, 0.15) is 6.61 Å². The molecular weight excluding hydrogens is 588 g/mol. The highest BCUT2D eigenvalue weighted by atomic mass is 35.5. The number of halogens is 1. The molecule has 0 amide bonds. The molecule has 2 heterocycles. The van der Waals surface area contributed by atoms with Crippen molar-refractivity contribution >= 4 is 39.3 Å². The largest absolute Gasteiger partial charge is 0.466 e. The molecule has 224 valence electrons. The molecule has 0 radical (unpaired) electrons. The molecule has 2 aliphatic rings. The lowest BCUT2D eigenvalue weighted by Crippen LogP contribution is -2.49. The second kappa shape index (κ2) is 13.0. The molecule has 42 heavy (non-hydrogen) atoms. The molecule has 0 bridgehead atoms. The van der Waals surface area contributed by atoms with Crippen molar-refractivity contribution in [1.29, 1.82) is 0 Å². The molecule has 4 rings (SSSR count). The van der Waals surface area contributed by atoms with E-state index >= 15 is 0 Å². The smallest absolute Gasteiger partial charge is 0.336 e. The Hall–Kier alpha value is -3.78. The van der Waals surface area contributed by atoms with Gasteiger partial charge in [0.15, 0.2) is 0 Å². The summed E-state index contributed by atoms with van der Waals surface area (Å²) in [6, 6.07) is 11.9. The number of rotatable bonds is 9. The highest BCUT2D eigenvalue weighted by Gasteiger charge is 2.40. The Bertz CT molecular complexity index is 1550. The van der Waals surface area contributed by atoms with Crippen LogP contribution >= 0.6 is 11.6 Å². The third-order valence-corrected chi connectivity index (χ3v) is 9.42. The van der Waals surface area contributed by atoms with Crippen LogP contribution in [0.15, 0.2) is 76.0 Å². The van der Waals surface area contributed by atoms with E-state index in [1.165, 1.54) is 53.9 Å². The predicted octanol–water partition coefficient (Wildman–Crippen LogP) is 3.21. The van der Waals surface area contributed by atoms with Gasteiger partial charge in [-0.25, -0.2) is 18.0 Å². The summed E-state index contributed by atoms with van der Waals surface area (Å²) in [7, 11) is -2.46. The van der Waals surface area contributed by atoms with E-state index in [0.29, 0.717) is 36.1 Å². The van der Waals surface area contributed by atoms with Crippen LogP contribution in [0.3, 0.4) is 0 Å². The molecule has 0 aromatic heterocycles. The standard InChI is InChI=1S/C28H31ClN4O8S/c1-18-24(27(34)40-3)26(22-6-4-5-7-23(22)33(36)37)25(19(2)30-18)28(35)41-17-16-31-12-14-32(15-13-31)42(38,39)21-10-8-20(29)9-11-21/h4-11,26,30H,12-17H2,1-3H3. The maximum Gasteiger partial charge on any atom is 0.336 e. The summed E-state index contributed by atoms with van der Waals surface area (Å²) >= 11 is 5.88. The number of ether oxygens (including phenoxy) is 2. The topological polar surface area (TPSA) is 148 Å². The summed E-state index contributed by atoms with van der Waals surface area (Å²) in [5.74, 6) is -2.55. The zero-order valence-corrected chi connectivity index (χ0v) is 24.9. The number of methoxy groups -OCH3 is 1. The van der Waals surface area contributed by atoms with Crippen molar-refractivity contribution in [2.24, 2.45) is 0 Å². The summed E-state index contributed by atoms with van der Waals surface area (Å²) in [5.41, 5.74) is 0.854. The molecule has 0 spiro atoms. The fourth-order valence-electron chi connectivity index (χ4n) is 5.15. The second-order valence-electron chi connectivity index (χ2n) is 9.78. The van der Waals surface area contributed by atoms with Crippen molar-refractivity contribution < 1.29 is 32.4 Å². The number of para-hydroxylation sites is 1. The Labute approximate surface area is 248 Å². The number of sulfonamides is 1. The van der Waals surface area contributed by atoms with Gasteiger partial charge in [-0.2, -0.15) is 4.31 Å². The molecule has 1 saturated heterocycles. The number of nitrogens with one attached hydrogen (secondary N) is 1. The Balaban J connectivity index is 1.45. The molecule has 1 atom stereocenters. The number of dihydropyridines is 1. The maximum absolute atomic E-state index is 13.5. The number of esters is 2. The summed E-state index contributed by atoms with van der Waals surface area (Å²) in [5, 5.41) is 15.3. The summed E-state index contributed by atoms with van der Waals surface area (Å²) in [4.78, 5) is 39.7. The lowest BCUT2D eigenvalue weighted by Gasteiger charge is -2.34. The van der Waals surface area contributed by atoms with Crippen molar-refractivity contribution in [2.75, 3.05) is 46.4 Å². The van der Waals surface area contributed by atoms with Crippen molar-refractivity contribution in [2.45, 2.75) is 24.7 Å². The zero-order chi connectivity index (χ0) is 30.6. The summed E-state index contributed by atoms with van der Waals surface area (Å²) in [6.07, 6.45) is 0. The Morgan fingerprint density at radius 1 is 1.00 bits per heavy atom. The third-order valence-electron chi connectivity index (χ3n) is 7.25. The number of benzene rings is 2. The average Bonchev–Trinajstić information content (AvgIpc) is 2.96. The number of carbonyl (C=O) groups is 2. The van der Waals surface area contributed by atoms with Gasteiger partial charge in [-0.15, -0.1) is 0 Å². The van der Waals surface area contributed by atoms with Gasteiger partial charge >= 0.3 is 11.9 Å². The van der Waals surface area contributed by atoms with Crippen LogP contribution in [0.4, 0.5) is 5.69 Å². The molecule has 0 aliphatic carbocycles. The molecule has 12 nitrogen and oxygen atoms in total. The zero-order valence-electron chi connectivity index (χ0n) is 23.3. The predicted molar refractivity (Wildman–Crippen MR) is 154 cm³/mol. The van der Waals surface area contributed by atoms with E-state index in [1.807, 2.05) is 4.90 Å². The Kier molecular flexibility index (Phi) is 9.67. The van der Waals surface area contributed by atoms with Crippen LogP contribution < -0.4 is 5.32 Å². The van der Waals surface area contributed by atoms with Crippen LogP contribution in [-0.2, 0) is 29.1 Å². The van der Waals surface area contributed by atoms with Gasteiger partial charge in [-0.1, -0.05) is 29.8 Å². The highest BCUT2D eigenvalue weighted by molar-refractivity contribution is 7.89. The summed E-state index contributed by atoms with van der Waals surface area (Å²) < 4.78 is 37.9. The first-order valence-electron chi connectivity index (χ1n) is 13.1. The van der Waals surface area contributed by atoms with E-state index in [1.54, 1.807) is 19.9 Å². The minimum absolute atomic E-state index is 0.0145. The van der Waals surface area contributed by atoms with Gasteiger partial charge in [0.25, 0.3) is 5.69 Å². The van der Waals surface area contributed by atoms with E-state index < -0.39 is 32.8 Å². The monoisotopic (exact) mass is 618 g/mol. The van der Waals surface area contributed by atoms with Gasteiger partial charge in [-0.05, 0) is 38.1 Å². The van der Waals surface area contributed by atoms with Crippen LogP contribution in [0.5, 0.6) is 0 Å². The number of piperazine rings is 1. The van der Waals surface area contributed by atoms with E-state index in [2.05, 4.69) is 5.32 Å². The molecule has 0 saturated carbocycles. The lowest BCUT2D eigenvalue weighted by molar-refractivity contribution is -0.385.